The summed E-state index contributed by atoms with van der Waals surface area (Å²) in [5.74, 6) is -0.212. The van der Waals surface area contributed by atoms with Crippen LogP contribution in [0.25, 0.3) is 0 Å². The van der Waals surface area contributed by atoms with Crippen molar-refractivity contribution in [3.8, 4) is 0 Å². The highest BCUT2D eigenvalue weighted by molar-refractivity contribution is 5.92. The minimum atomic E-state index is -0.443. The molecule has 0 bridgehead atoms. The van der Waals surface area contributed by atoms with Gasteiger partial charge >= 0.3 is 0 Å². The highest BCUT2D eigenvalue weighted by Crippen LogP contribution is 2.07. The van der Waals surface area contributed by atoms with E-state index in [0.717, 1.165) is 0 Å². The van der Waals surface area contributed by atoms with E-state index in [1.54, 1.807) is 0 Å². The maximum Gasteiger partial charge on any atom is 0.276 e. The van der Waals surface area contributed by atoms with E-state index in [1.807, 2.05) is 6.92 Å². The van der Waals surface area contributed by atoms with Gasteiger partial charge in [0.2, 0.25) is 5.91 Å². The summed E-state index contributed by atoms with van der Waals surface area (Å²) in [4.78, 5) is 28.3. The Morgan fingerprint density at radius 2 is 2.43 bits per heavy atom. The monoisotopic (exact) mass is 196 g/mol. The molecule has 1 aromatic rings. The van der Waals surface area contributed by atoms with Gasteiger partial charge in [-0.15, -0.1) is 0 Å². The lowest BCUT2D eigenvalue weighted by Crippen LogP contribution is -2.21. The van der Waals surface area contributed by atoms with Crippen LogP contribution in [0.3, 0.4) is 0 Å². The van der Waals surface area contributed by atoms with E-state index in [4.69, 9.17) is 5.73 Å². The summed E-state index contributed by atoms with van der Waals surface area (Å²) >= 11 is 0. The number of nitrogens with zero attached hydrogens (tertiary/aromatic N) is 1. The lowest BCUT2D eigenvalue weighted by molar-refractivity contribution is -0.116. The Morgan fingerprint density at radius 1 is 1.71 bits per heavy atom. The van der Waals surface area contributed by atoms with Crippen LogP contribution in [0.4, 0.5) is 11.5 Å². The van der Waals surface area contributed by atoms with E-state index in [1.165, 1.54) is 6.33 Å². The van der Waals surface area contributed by atoms with Crippen molar-refractivity contribution in [3.05, 3.63) is 16.7 Å². The largest absolute Gasteiger partial charge is 0.382 e. The summed E-state index contributed by atoms with van der Waals surface area (Å²) in [5, 5.41) is 2.41. The zero-order valence-electron chi connectivity index (χ0n) is 7.83. The van der Waals surface area contributed by atoms with E-state index >= 15 is 0 Å². The molecule has 1 rings (SSSR count). The van der Waals surface area contributed by atoms with Gasteiger partial charge in [0.05, 0.1) is 6.33 Å². The Hall–Kier alpha value is -1.85. The average Bonchev–Trinajstić information content (AvgIpc) is 2.12. The number of hydrogen-bond acceptors (Lipinski definition) is 4. The number of nitrogens with two attached hydrogens (primary N) is 1. The first kappa shape index (κ1) is 10.2. The number of hydrogen-bond donors (Lipinski definition) is 3. The molecule has 0 saturated heterocycles. The van der Waals surface area contributed by atoms with Crippen LogP contribution in [-0.4, -0.2) is 15.9 Å². The molecule has 1 aromatic heterocycles. The minimum absolute atomic E-state index is 0.0194. The molecule has 6 nitrogen and oxygen atoms in total. The second kappa shape index (κ2) is 4.40. The van der Waals surface area contributed by atoms with Crippen LogP contribution in [-0.2, 0) is 4.79 Å². The maximum atomic E-state index is 11.2. The summed E-state index contributed by atoms with van der Waals surface area (Å²) in [6.07, 6.45) is 2.25. The molecule has 0 saturated carbocycles. The fourth-order valence-electron chi connectivity index (χ4n) is 0.963. The van der Waals surface area contributed by atoms with Crippen molar-refractivity contribution < 1.29 is 4.79 Å². The van der Waals surface area contributed by atoms with Crippen molar-refractivity contribution in [2.75, 3.05) is 11.1 Å². The maximum absolute atomic E-state index is 11.2. The second-order valence-corrected chi connectivity index (χ2v) is 2.79. The summed E-state index contributed by atoms with van der Waals surface area (Å²) in [6, 6.07) is 0. The summed E-state index contributed by atoms with van der Waals surface area (Å²) in [5.41, 5.74) is 5.00. The van der Waals surface area contributed by atoms with Crippen LogP contribution < -0.4 is 16.6 Å². The number of nitrogens with one attached hydrogen (secondary N) is 2. The van der Waals surface area contributed by atoms with Crippen LogP contribution in [0.5, 0.6) is 0 Å². The smallest absolute Gasteiger partial charge is 0.276 e. The molecule has 0 aromatic carbocycles. The average molecular weight is 196 g/mol. The zero-order valence-corrected chi connectivity index (χ0v) is 7.83. The minimum Gasteiger partial charge on any atom is -0.382 e. The molecule has 0 spiro atoms. The van der Waals surface area contributed by atoms with Crippen LogP contribution in [0.2, 0.25) is 0 Å². The Kier molecular flexibility index (Phi) is 3.22. The number of carbonyl (C=O) groups is 1. The summed E-state index contributed by atoms with van der Waals surface area (Å²) < 4.78 is 0. The Bertz CT molecular complexity index is 385. The molecular weight excluding hydrogens is 184 g/mol. The first-order chi connectivity index (χ1) is 6.65. The van der Waals surface area contributed by atoms with Crippen LogP contribution in [0.15, 0.2) is 11.1 Å². The second-order valence-electron chi connectivity index (χ2n) is 2.79. The van der Waals surface area contributed by atoms with Crippen molar-refractivity contribution in [3.63, 3.8) is 0 Å². The molecule has 4 N–H and O–H groups in total. The highest BCUT2D eigenvalue weighted by Gasteiger charge is 2.08. The predicted octanol–water partition coefficient (Wildman–Crippen LogP) is 0.0907. The molecule has 1 heterocycles. The molecule has 0 aliphatic carbocycles. The van der Waals surface area contributed by atoms with Crippen LogP contribution >= 0.6 is 0 Å². The molecule has 0 fully saturated rings. The highest BCUT2D eigenvalue weighted by atomic mass is 16.2. The normalized spacial score (nSPS) is 9.79. The third-order valence-electron chi connectivity index (χ3n) is 1.62. The lowest BCUT2D eigenvalue weighted by atomic mass is 10.3. The van der Waals surface area contributed by atoms with Crippen molar-refractivity contribution in [2.24, 2.45) is 0 Å². The molecule has 76 valence electrons. The molecule has 0 radical (unpaired) electrons. The molecule has 6 heteroatoms. The topological polar surface area (TPSA) is 101 Å². The molecule has 0 unspecified atom stereocenters. The van der Waals surface area contributed by atoms with Gasteiger partial charge in [-0.25, -0.2) is 4.98 Å². The standard InChI is InChI=1S/C8H12N4O2/c1-2-3-5(13)12-6-7(9)10-4-11-8(6)14/h4H,2-3H2,1H3,(H,12,13)(H3,9,10,11,14). The molecule has 0 atom stereocenters. The molecular formula is C8H12N4O2. The number of H-pyrrole nitrogens is 1. The van der Waals surface area contributed by atoms with Gasteiger partial charge in [-0.2, -0.15) is 0 Å². The Morgan fingerprint density at radius 3 is 3.00 bits per heavy atom. The number of anilines is 2. The van der Waals surface area contributed by atoms with E-state index in [-0.39, 0.29) is 17.4 Å². The van der Waals surface area contributed by atoms with Gasteiger partial charge in [0, 0.05) is 6.42 Å². The first-order valence-electron chi connectivity index (χ1n) is 4.28. The predicted molar refractivity (Wildman–Crippen MR) is 52.8 cm³/mol. The van der Waals surface area contributed by atoms with Crippen molar-refractivity contribution in [2.45, 2.75) is 19.8 Å². The Labute approximate surface area is 80.5 Å². The zero-order chi connectivity index (χ0) is 10.6. The van der Waals surface area contributed by atoms with Gasteiger partial charge in [-0.1, -0.05) is 6.92 Å². The van der Waals surface area contributed by atoms with Gasteiger partial charge in [0.25, 0.3) is 5.56 Å². The van der Waals surface area contributed by atoms with Crippen LogP contribution in [0, 0.1) is 0 Å². The fraction of sp³-hybridized carbons (Fsp3) is 0.375. The number of carbonyl (C=O) groups excluding carboxylic acids is 1. The molecule has 0 aliphatic rings. The third kappa shape index (κ3) is 2.32. The van der Waals surface area contributed by atoms with Crippen molar-refractivity contribution in [1.82, 2.24) is 9.97 Å². The summed E-state index contributed by atoms with van der Waals surface area (Å²) in [7, 11) is 0. The van der Waals surface area contributed by atoms with Gasteiger partial charge in [-0.05, 0) is 6.42 Å². The number of nitrogen functional groups attached to an aromatic ring is 1. The SMILES string of the molecule is CCCC(=O)Nc1c(N)nc[nH]c1=O. The van der Waals surface area contributed by atoms with E-state index in [2.05, 4.69) is 15.3 Å². The van der Waals surface area contributed by atoms with Gasteiger partial charge < -0.3 is 16.0 Å². The quantitative estimate of drug-likeness (QED) is 0.637. The van der Waals surface area contributed by atoms with Crippen molar-refractivity contribution >= 4 is 17.4 Å². The van der Waals surface area contributed by atoms with Gasteiger partial charge in [-0.3, -0.25) is 9.59 Å². The third-order valence-corrected chi connectivity index (χ3v) is 1.62. The number of amides is 1. The van der Waals surface area contributed by atoms with E-state index in [0.29, 0.717) is 12.8 Å². The number of rotatable bonds is 3. The fourth-order valence-corrected chi connectivity index (χ4v) is 0.963. The van der Waals surface area contributed by atoms with Crippen molar-refractivity contribution in [1.29, 1.82) is 0 Å². The molecule has 1 amide bonds. The molecule has 0 aliphatic heterocycles. The number of aromatic nitrogens is 2. The van der Waals surface area contributed by atoms with Crippen LogP contribution in [0.1, 0.15) is 19.8 Å². The van der Waals surface area contributed by atoms with E-state index in [9.17, 15) is 9.59 Å². The van der Waals surface area contributed by atoms with Gasteiger partial charge in [0.15, 0.2) is 5.82 Å². The first-order valence-corrected chi connectivity index (χ1v) is 4.28. The number of aromatic amines is 1. The van der Waals surface area contributed by atoms with Gasteiger partial charge in [0.1, 0.15) is 5.69 Å². The Balaban J connectivity index is 2.86. The molecule has 14 heavy (non-hydrogen) atoms. The lowest BCUT2D eigenvalue weighted by Gasteiger charge is -2.04. The van der Waals surface area contributed by atoms with E-state index < -0.39 is 5.56 Å². The summed E-state index contributed by atoms with van der Waals surface area (Å²) in [6.45, 7) is 1.87.